The molecule has 4 N–H and O–H groups in total. The molecule has 222 valence electrons. The fraction of sp³-hybridized carbons (Fsp3) is 0.0270. The zero-order chi connectivity index (χ0) is 29.6. The number of aromatic amines is 4. The normalized spacial score (nSPS) is 13.1. The third-order valence-corrected chi connectivity index (χ3v) is 8.70. The third-order valence-electron chi connectivity index (χ3n) is 8.70. The van der Waals surface area contributed by atoms with Crippen LogP contribution >= 0.6 is 0 Å². The van der Waals surface area contributed by atoms with E-state index < -0.39 is 11.7 Å². The molecule has 45 heavy (non-hydrogen) atoms. The molecule has 0 unspecified atom stereocenters. The molecule has 1 aliphatic rings. The number of aromatic nitrogens is 4. The van der Waals surface area contributed by atoms with Crippen molar-refractivity contribution in [3.8, 4) is 0 Å². The Morgan fingerprint density at radius 2 is 0.778 bits per heavy atom. The van der Waals surface area contributed by atoms with Gasteiger partial charge >= 0.3 is 6.18 Å². The fourth-order valence-corrected chi connectivity index (χ4v) is 6.79. The van der Waals surface area contributed by atoms with Crippen LogP contribution in [-0.2, 0) is 21.1 Å². The molecule has 0 atom stereocenters. The first-order chi connectivity index (χ1) is 21.4. The Labute approximate surface area is 267 Å². The molecule has 8 aromatic rings. The van der Waals surface area contributed by atoms with E-state index in [9.17, 15) is 0 Å². The summed E-state index contributed by atoms with van der Waals surface area (Å²) in [7, 11) is 0. The second kappa shape index (κ2) is 10.0. The zero-order valence-corrected chi connectivity index (χ0v) is 25.7. The van der Waals surface area contributed by atoms with Crippen molar-refractivity contribution in [3.05, 3.63) is 141 Å². The first kappa shape index (κ1) is 27.5. The summed E-state index contributed by atoms with van der Waals surface area (Å²) in [4.78, 5) is 13.5. The average Bonchev–Trinajstić information content (AvgIpc) is 3.76. The maximum Gasteiger partial charge on any atom is 0.420 e. The van der Waals surface area contributed by atoms with Crippen LogP contribution in [0.1, 0.15) is 22.8 Å². The monoisotopic (exact) mass is 775 g/mol. The van der Waals surface area contributed by atoms with Crippen LogP contribution in [0.15, 0.2) is 97.1 Å². The van der Waals surface area contributed by atoms with Gasteiger partial charge in [0.1, 0.15) is 5.57 Å². The molecular formula is C37H23F3N4Pt. The van der Waals surface area contributed by atoms with Gasteiger partial charge in [0, 0.05) is 97.3 Å². The van der Waals surface area contributed by atoms with E-state index in [1.807, 2.05) is 72.8 Å². The maximum atomic E-state index is 15.3. The minimum Gasteiger partial charge on any atom is -0.354 e. The number of rotatable bonds is 0. The van der Waals surface area contributed by atoms with Crippen molar-refractivity contribution >= 4 is 66.9 Å². The Bertz CT molecular complexity index is 2720. The molecule has 1 aliphatic heterocycles. The summed E-state index contributed by atoms with van der Waals surface area (Å²) in [5.41, 5.74) is 1.60. The fourth-order valence-electron chi connectivity index (χ4n) is 6.79. The standard InChI is InChI=1S/C37H23F3N4.Pt/c38-37(39,40)34-35-26-15-7-5-13-24(26)32(43-35)18-30-22-11-3-1-9-20(22)28(41-30)17-29-21-10-2-4-12-23(21)31(42-29)19-33-25-14-6-8-16-27(25)36(34)44-33;/h1-19,41-44H;. The van der Waals surface area contributed by atoms with Crippen LogP contribution in [0.4, 0.5) is 13.2 Å². The minimum atomic E-state index is -4.66. The molecule has 8 bridgehead atoms. The molecule has 0 aliphatic carbocycles. The van der Waals surface area contributed by atoms with E-state index >= 15 is 13.2 Å². The summed E-state index contributed by atoms with van der Waals surface area (Å²) in [6.45, 7) is 0. The van der Waals surface area contributed by atoms with Crippen LogP contribution < -0.4 is 21.4 Å². The van der Waals surface area contributed by atoms with Gasteiger partial charge in [-0.25, -0.2) is 0 Å². The van der Waals surface area contributed by atoms with Crippen LogP contribution in [0.2, 0.25) is 0 Å². The molecule has 8 heteroatoms. The van der Waals surface area contributed by atoms with E-state index in [1.165, 1.54) is 0 Å². The quantitative estimate of drug-likeness (QED) is 0.143. The van der Waals surface area contributed by atoms with Gasteiger partial charge in [-0.05, 0) is 18.2 Å². The number of halogens is 3. The second-order valence-electron chi connectivity index (χ2n) is 11.2. The van der Waals surface area contributed by atoms with Crippen LogP contribution in [0.3, 0.4) is 0 Å². The molecule has 4 aromatic carbocycles. The average molecular weight is 776 g/mol. The van der Waals surface area contributed by atoms with Gasteiger partial charge in [-0.15, -0.1) is 0 Å². The van der Waals surface area contributed by atoms with Gasteiger partial charge < -0.3 is 19.9 Å². The number of hydrogen-bond acceptors (Lipinski definition) is 0. The summed E-state index contributed by atoms with van der Waals surface area (Å²) >= 11 is 0. The first-order valence-electron chi connectivity index (χ1n) is 14.4. The largest absolute Gasteiger partial charge is 0.420 e. The van der Waals surface area contributed by atoms with Crippen LogP contribution in [0.25, 0.3) is 66.9 Å². The zero-order valence-electron chi connectivity index (χ0n) is 23.4. The van der Waals surface area contributed by atoms with Gasteiger partial charge in [0.2, 0.25) is 0 Å². The van der Waals surface area contributed by atoms with Gasteiger partial charge in [-0.2, -0.15) is 13.2 Å². The van der Waals surface area contributed by atoms with E-state index in [0.29, 0.717) is 32.6 Å². The van der Waals surface area contributed by atoms with E-state index in [1.54, 1.807) is 24.3 Å². The summed E-state index contributed by atoms with van der Waals surface area (Å²) in [5.74, 6) is 0. The van der Waals surface area contributed by atoms with Gasteiger partial charge in [-0.1, -0.05) is 97.1 Å². The van der Waals surface area contributed by atoms with Crippen molar-refractivity contribution in [2.75, 3.05) is 0 Å². The molecule has 0 amide bonds. The Hall–Kier alpha value is -5.00. The van der Waals surface area contributed by atoms with E-state index in [2.05, 4.69) is 38.1 Å². The van der Waals surface area contributed by atoms with Crippen molar-refractivity contribution < 1.29 is 34.2 Å². The summed E-state index contributed by atoms with van der Waals surface area (Å²) < 4.78 is 45.9. The number of alkyl halides is 3. The summed E-state index contributed by atoms with van der Waals surface area (Å²) in [6.07, 6.45) is 1.28. The molecule has 0 fully saturated rings. The Morgan fingerprint density at radius 1 is 0.400 bits per heavy atom. The number of fused-ring (bicyclic) bond motifs is 20. The summed E-state index contributed by atoms with van der Waals surface area (Å²) in [6, 6.07) is 30.6. The van der Waals surface area contributed by atoms with E-state index in [4.69, 9.17) is 0 Å². The number of benzene rings is 4. The number of nitrogens with one attached hydrogen (secondary N) is 4. The minimum absolute atomic E-state index is 0. The van der Waals surface area contributed by atoms with Gasteiger partial charge in [-0.3, -0.25) is 0 Å². The topological polar surface area (TPSA) is 63.2 Å². The van der Waals surface area contributed by atoms with E-state index in [-0.39, 0.29) is 32.1 Å². The van der Waals surface area contributed by atoms with Gasteiger partial charge in [0.25, 0.3) is 0 Å². The molecular weight excluding hydrogens is 753 g/mol. The van der Waals surface area contributed by atoms with Gasteiger partial charge in [0.15, 0.2) is 0 Å². The predicted molar refractivity (Wildman–Crippen MR) is 171 cm³/mol. The number of H-pyrrole nitrogens is 4. The molecule has 5 heterocycles. The number of hydrogen-bond donors (Lipinski definition) is 4. The molecule has 0 saturated heterocycles. The summed E-state index contributed by atoms with van der Waals surface area (Å²) in [5, 5.41) is 8.75. The van der Waals surface area contributed by atoms with Crippen LogP contribution in [-0.4, -0.2) is 26.1 Å². The Balaban J connectivity index is 0.00000300. The van der Waals surface area contributed by atoms with Crippen molar-refractivity contribution in [3.63, 3.8) is 0 Å². The Kier molecular flexibility index (Phi) is 6.13. The maximum absolute atomic E-state index is 15.3. The van der Waals surface area contributed by atoms with Crippen LogP contribution in [0.5, 0.6) is 0 Å². The third kappa shape index (κ3) is 4.18. The molecule has 9 rings (SSSR count). The molecule has 0 radical (unpaired) electrons. The smallest absolute Gasteiger partial charge is 0.354 e. The molecule has 0 spiro atoms. The van der Waals surface area contributed by atoms with Crippen LogP contribution in [0, 0.1) is 0 Å². The van der Waals surface area contributed by atoms with Crippen molar-refractivity contribution in [2.24, 2.45) is 0 Å². The van der Waals surface area contributed by atoms with Crippen molar-refractivity contribution in [1.29, 1.82) is 0 Å². The Morgan fingerprint density at radius 3 is 1.29 bits per heavy atom. The SMILES string of the molecule is FC(F)(F)C1=c2[nH]c(c3ccccc23)=Cc2[nH]c(c3ccccc23)C=c2[nH]c(c3ccccc23)=Cc2[nH]c1c1ccccc21.[Pt]. The van der Waals surface area contributed by atoms with Crippen molar-refractivity contribution in [1.82, 2.24) is 19.9 Å². The van der Waals surface area contributed by atoms with Crippen molar-refractivity contribution in [2.45, 2.75) is 6.18 Å². The molecule has 4 nitrogen and oxygen atoms in total. The van der Waals surface area contributed by atoms with E-state index in [0.717, 1.165) is 43.6 Å². The predicted octanol–water partition coefficient (Wildman–Crippen LogP) is 6.17. The van der Waals surface area contributed by atoms with Gasteiger partial charge in [0.05, 0.1) is 11.0 Å². The molecule has 0 saturated carbocycles. The first-order valence-corrected chi connectivity index (χ1v) is 14.4. The molecule has 4 aromatic heterocycles. The second-order valence-corrected chi connectivity index (χ2v) is 11.2.